The predicted molar refractivity (Wildman–Crippen MR) is 73.0 cm³/mol. The minimum atomic E-state index is -0.485. The van der Waals surface area contributed by atoms with Crippen molar-refractivity contribution in [3.05, 3.63) is 12.0 Å². The maximum Gasteiger partial charge on any atom is 0.360 e. The van der Waals surface area contributed by atoms with E-state index in [9.17, 15) is 4.79 Å². The fourth-order valence-electron chi connectivity index (χ4n) is 2.58. The molecule has 0 aromatic carbocycles. The predicted octanol–water partition coefficient (Wildman–Crippen LogP) is 1.30. The van der Waals surface area contributed by atoms with Gasteiger partial charge in [-0.2, -0.15) is 0 Å². The fourth-order valence-corrected chi connectivity index (χ4v) is 2.58. The first-order valence-electron chi connectivity index (χ1n) is 6.76. The van der Waals surface area contributed by atoms with E-state index in [1.54, 1.807) is 6.33 Å². The number of esters is 1. The van der Waals surface area contributed by atoms with Crippen LogP contribution in [0, 0.1) is 0 Å². The standard InChI is InChI=1S/C13H22N4O2/c1-10(8-16-6-4-3-5-7-16)17-9-15-11(12(17)14)13(18)19-2/h9-10H,3-8,14H2,1-2H3. The molecule has 0 aliphatic carbocycles. The lowest BCUT2D eigenvalue weighted by molar-refractivity contribution is 0.0596. The molecule has 0 saturated carbocycles. The van der Waals surface area contributed by atoms with Gasteiger partial charge in [0, 0.05) is 12.6 Å². The Morgan fingerprint density at radius 3 is 2.79 bits per heavy atom. The summed E-state index contributed by atoms with van der Waals surface area (Å²) in [5.74, 6) is -0.0993. The molecule has 1 saturated heterocycles. The van der Waals surface area contributed by atoms with Crippen molar-refractivity contribution in [1.29, 1.82) is 0 Å². The van der Waals surface area contributed by atoms with Crippen LogP contribution in [0.5, 0.6) is 0 Å². The lowest BCUT2D eigenvalue weighted by atomic mass is 10.1. The highest BCUT2D eigenvalue weighted by molar-refractivity contribution is 5.92. The summed E-state index contributed by atoms with van der Waals surface area (Å²) in [4.78, 5) is 18.0. The molecule has 1 aromatic rings. The van der Waals surface area contributed by atoms with Crippen molar-refractivity contribution in [1.82, 2.24) is 14.5 Å². The van der Waals surface area contributed by atoms with Gasteiger partial charge in [0.2, 0.25) is 0 Å². The number of rotatable bonds is 4. The number of likely N-dealkylation sites (tertiary alicyclic amines) is 1. The molecule has 0 bridgehead atoms. The number of carbonyl (C=O) groups is 1. The van der Waals surface area contributed by atoms with Gasteiger partial charge in [0.1, 0.15) is 5.82 Å². The summed E-state index contributed by atoms with van der Waals surface area (Å²) in [5, 5.41) is 0. The molecule has 1 fully saturated rings. The number of ether oxygens (including phenoxy) is 1. The molecule has 6 heteroatoms. The number of nitrogen functional groups attached to an aromatic ring is 1. The van der Waals surface area contributed by atoms with Gasteiger partial charge < -0.3 is 19.9 Å². The third kappa shape index (κ3) is 3.07. The van der Waals surface area contributed by atoms with Crippen molar-refractivity contribution in [2.24, 2.45) is 0 Å². The molecule has 0 radical (unpaired) electrons. The Labute approximate surface area is 113 Å². The molecule has 106 valence electrons. The molecule has 0 spiro atoms. The highest BCUT2D eigenvalue weighted by atomic mass is 16.5. The van der Waals surface area contributed by atoms with Gasteiger partial charge in [-0.15, -0.1) is 0 Å². The van der Waals surface area contributed by atoms with E-state index in [0.29, 0.717) is 5.82 Å². The van der Waals surface area contributed by atoms with E-state index < -0.39 is 5.97 Å². The van der Waals surface area contributed by atoms with Crippen LogP contribution in [0.25, 0.3) is 0 Å². The van der Waals surface area contributed by atoms with Gasteiger partial charge >= 0.3 is 5.97 Å². The van der Waals surface area contributed by atoms with Crippen molar-refractivity contribution in [3.8, 4) is 0 Å². The van der Waals surface area contributed by atoms with Crippen LogP contribution in [-0.2, 0) is 4.74 Å². The summed E-state index contributed by atoms with van der Waals surface area (Å²) >= 11 is 0. The number of piperidine rings is 1. The lowest BCUT2D eigenvalue weighted by Crippen LogP contribution is -2.34. The quantitative estimate of drug-likeness (QED) is 0.831. The van der Waals surface area contributed by atoms with Crippen molar-refractivity contribution in [2.75, 3.05) is 32.5 Å². The zero-order valence-electron chi connectivity index (χ0n) is 11.6. The Morgan fingerprint density at radius 1 is 1.47 bits per heavy atom. The average molecular weight is 266 g/mol. The van der Waals surface area contributed by atoms with E-state index in [1.165, 1.54) is 26.4 Å². The van der Waals surface area contributed by atoms with E-state index >= 15 is 0 Å². The Hall–Kier alpha value is -1.56. The fraction of sp³-hybridized carbons (Fsp3) is 0.692. The molecule has 0 amide bonds. The first-order valence-corrected chi connectivity index (χ1v) is 6.76. The number of nitrogens with two attached hydrogens (primary N) is 1. The van der Waals surface area contributed by atoms with Crippen LogP contribution < -0.4 is 5.73 Å². The van der Waals surface area contributed by atoms with Crippen LogP contribution in [-0.4, -0.2) is 47.2 Å². The molecular weight excluding hydrogens is 244 g/mol. The normalized spacial score (nSPS) is 18.2. The molecule has 1 aliphatic heterocycles. The molecular formula is C13H22N4O2. The second kappa shape index (κ2) is 6.06. The lowest BCUT2D eigenvalue weighted by Gasteiger charge is -2.29. The number of hydrogen-bond donors (Lipinski definition) is 1. The molecule has 1 atom stereocenters. The SMILES string of the molecule is COC(=O)c1ncn(C(C)CN2CCCCC2)c1N. The summed E-state index contributed by atoms with van der Waals surface area (Å²) in [6.07, 6.45) is 5.47. The van der Waals surface area contributed by atoms with Gasteiger partial charge in [-0.25, -0.2) is 9.78 Å². The Kier molecular flexibility index (Phi) is 4.42. The second-order valence-electron chi connectivity index (χ2n) is 5.09. The maximum atomic E-state index is 11.5. The minimum Gasteiger partial charge on any atom is -0.464 e. The molecule has 2 rings (SSSR count). The van der Waals surface area contributed by atoms with E-state index in [1.807, 2.05) is 4.57 Å². The summed E-state index contributed by atoms with van der Waals surface area (Å²) < 4.78 is 6.50. The van der Waals surface area contributed by atoms with Gasteiger partial charge in [-0.05, 0) is 32.9 Å². The molecule has 2 heterocycles. The first-order chi connectivity index (χ1) is 9.13. The van der Waals surface area contributed by atoms with Crippen LogP contribution in [0.2, 0.25) is 0 Å². The first kappa shape index (κ1) is 13.9. The third-order valence-electron chi connectivity index (χ3n) is 3.66. The van der Waals surface area contributed by atoms with E-state index in [-0.39, 0.29) is 11.7 Å². The molecule has 19 heavy (non-hydrogen) atoms. The van der Waals surface area contributed by atoms with Gasteiger partial charge in [0.15, 0.2) is 5.69 Å². The molecule has 6 nitrogen and oxygen atoms in total. The van der Waals surface area contributed by atoms with Crippen LogP contribution in [0.15, 0.2) is 6.33 Å². The summed E-state index contributed by atoms with van der Waals surface area (Å²) in [6.45, 7) is 5.31. The van der Waals surface area contributed by atoms with Crippen LogP contribution in [0.4, 0.5) is 5.82 Å². The Bertz CT molecular complexity index is 438. The highest BCUT2D eigenvalue weighted by Crippen LogP contribution is 2.19. The second-order valence-corrected chi connectivity index (χ2v) is 5.09. The smallest absolute Gasteiger partial charge is 0.360 e. The van der Waals surface area contributed by atoms with Gasteiger partial charge in [-0.1, -0.05) is 6.42 Å². The van der Waals surface area contributed by atoms with Crippen molar-refractivity contribution in [3.63, 3.8) is 0 Å². The van der Waals surface area contributed by atoms with Crippen molar-refractivity contribution >= 4 is 11.8 Å². The molecule has 1 aliphatic rings. The number of hydrogen-bond acceptors (Lipinski definition) is 5. The van der Waals surface area contributed by atoms with Gasteiger partial charge in [-0.3, -0.25) is 0 Å². The van der Waals surface area contributed by atoms with Gasteiger partial charge in [0.05, 0.1) is 13.4 Å². The summed E-state index contributed by atoms with van der Waals surface area (Å²) in [5.41, 5.74) is 6.17. The number of imidazole rings is 1. The number of nitrogens with zero attached hydrogens (tertiary/aromatic N) is 3. The monoisotopic (exact) mass is 266 g/mol. The van der Waals surface area contributed by atoms with Crippen molar-refractivity contribution in [2.45, 2.75) is 32.2 Å². The molecule has 1 aromatic heterocycles. The van der Waals surface area contributed by atoms with Crippen LogP contribution in [0.3, 0.4) is 0 Å². The molecule has 1 unspecified atom stereocenters. The maximum absolute atomic E-state index is 11.5. The number of aromatic nitrogens is 2. The largest absolute Gasteiger partial charge is 0.464 e. The number of methoxy groups -OCH3 is 1. The summed E-state index contributed by atoms with van der Waals surface area (Å²) in [6, 6.07) is 0.198. The number of carbonyl (C=O) groups excluding carboxylic acids is 1. The number of anilines is 1. The van der Waals surface area contributed by atoms with Gasteiger partial charge in [0.25, 0.3) is 0 Å². The third-order valence-corrected chi connectivity index (χ3v) is 3.66. The van der Waals surface area contributed by atoms with Crippen LogP contribution in [0.1, 0.15) is 42.7 Å². The van der Waals surface area contributed by atoms with Crippen LogP contribution >= 0.6 is 0 Å². The molecule has 2 N–H and O–H groups in total. The zero-order chi connectivity index (χ0) is 13.8. The Morgan fingerprint density at radius 2 is 2.16 bits per heavy atom. The van der Waals surface area contributed by atoms with E-state index in [0.717, 1.165) is 19.6 Å². The average Bonchev–Trinajstić information content (AvgIpc) is 2.81. The Balaban J connectivity index is 2.04. The highest BCUT2D eigenvalue weighted by Gasteiger charge is 2.20. The van der Waals surface area contributed by atoms with E-state index in [4.69, 9.17) is 5.73 Å². The summed E-state index contributed by atoms with van der Waals surface area (Å²) in [7, 11) is 1.33. The van der Waals surface area contributed by atoms with Crippen molar-refractivity contribution < 1.29 is 9.53 Å². The zero-order valence-corrected chi connectivity index (χ0v) is 11.6. The topological polar surface area (TPSA) is 73.4 Å². The minimum absolute atomic E-state index is 0.198. The van der Waals surface area contributed by atoms with E-state index in [2.05, 4.69) is 21.5 Å².